The van der Waals surface area contributed by atoms with E-state index >= 15 is 0 Å². The molecule has 0 saturated carbocycles. The number of amides is 1. The van der Waals surface area contributed by atoms with Crippen LogP contribution in [-0.2, 0) is 9.59 Å². The Bertz CT molecular complexity index is 434. The molecular weight excluding hydrogens is 271 g/mol. The van der Waals surface area contributed by atoms with E-state index < -0.39 is 29.8 Å². The van der Waals surface area contributed by atoms with Crippen molar-refractivity contribution in [2.45, 2.75) is 12.2 Å². The van der Waals surface area contributed by atoms with Crippen molar-refractivity contribution in [2.75, 3.05) is 5.88 Å². The molecule has 1 rings (SSSR count). The van der Waals surface area contributed by atoms with E-state index in [1.165, 1.54) is 12.1 Å². The first-order chi connectivity index (χ1) is 8.36. The van der Waals surface area contributed by atoms with Crippen molar-refractivity contribution in [2.24, 2.45) is 0 Å². The average Bonchev–Trinajstić information content (AvgIpc) is 2.34. The van der Waals surface area contributed by atoms with Crippen molar-refractivity contribution < 1.29 is 22.8 Å². The van der Waals surface area contributed by atoms with Crippen LogP contribution >= 0.6 is 11.6 Å². The Labute approximate surface area is 106 Å². The highest BCUT2D eigenvalue weighted by Gasteiger charge is 2.40. The zero-order chi connectivity index (χ0) is 13.8. The highest BCUT2D eigenvalue weighted by atomic mass is 35.5. The minimum absolute atomic E-state index is 0.251. The second-order valence-electron chi connectivity index (χ2n) is 3.41. The Balaban J connectivity index is 2.95. The number of carbonyl (C=O) groups is 2. The van der Waals surface area contributed by atoms with Gasteiger partial charge in [0.2, 0.25) is 0 Å². The molecule has 1 atom stereocenters. The zero-order valence-electron chi connectivity index (χ0n) is 9.00. The Kier molecular flexibility index (Phi) is 4.72. The molecule has 1 aromatic carbocycles. The molecule has 0 spiro atoms. The fourth-order valence-corrected chi connectivity index (χ4v) is 1.44. The topological polar surface area (TPSA) is 46.2 Å². The highest BCUT2D eigenvalue weighted by Crippen LogP contribution is 2.19. The Hall–Kier alpha value is -1.56. The fourth-order valence-electron chi connectivity index (χ4n) is 1.29. The molecule has 0 aliphatic heterocycles. The quantitative estimate of drug-likeness (QED) is 0.859. The Morgan fingerprint density at radius 3 is 2.22 bits per heavy atom. The van der Waals surface area contributed by atoms with E-state index in [-0.39, 0.29) is 5.56 Å². The van der Waals surface area contributed by atoms with Gasteiger partial charge in [-0.25, -0.2) is 0 Å². The summed E-state index contributed by atoms with van der Waals surface area (Å²) in [6.07, 6.45) is -5.04. The lowest BCUT2D eigenvalue weighted by atomic mass is 10.0. The van der Waals surface area contributed by atoms with Crippen LogP contribution in [0.4, 0.5) is 13.2 Å². The third-order valence-electron chi connectivity index (χ3n) is 2.12. The summed E-state index contributed by atoms with van der Waals surface area (Å²) >= 11 is 5.31. The summed E-state index contributed by atoms with van der Waals surface area (Å²) in [5.74, 6) is -3.37. The van der Waals surface area contributed by atoms with Crippen LogP contribution in [0.25, 0.3) is 0 Å². The van der Waals surface area contributed by atoms with Crippen LogP contribution in [0, 0.1) is 0 Å². The summed E-state index contributed by atoms with van der Waals surface area (Å²) in [7, 11) is 0. The van der Waals surface area contributed by atoms with Gasteiger partial charge in [-0.2, -0.15) is 13.2 Å². The molecule has 98 valence electrons. The molecule has 0 aliphatic carbocycles. The van der Waals surface area contributed by atoms with Crippen molar-refractivity contribution in [3.05, 3.63) is 35.9 Å². The highest BCUT2D eigenvalue weighted by molar-refractivity contribution is 6.28. The van der Waals surface area contributed by atoms with Crippen molar-refractivity contribution in [3.63, 3.8) is 0 Å². The van der Waals surface area contributed by atoms with E-state index in [0.717, 1.165) is 0 Å². The summed E-state index contributed by atoms with van der Waals surface area (Å²) in [6, 6.07) is 6.21. The van der Waals surface area contributed by atoms with Gasteiger partial charge >= 0.3 is 12.1 Å². The van der Waals surface area contributed by atoms with Gasteiger partial charge in [0.05, 0.1) is 5.88 Å². The molecule has 18 heavy (non-hydrogen) atoms. The van der Waals surface area contributed by atoms with Gasteiger partial charge in [0.25, 0.3) is 0 Å². The maximum Gasteiger partial charge on any atom is 0.471 e. The molecule has 7 heteroatoms. The van der Waals surface area contributed by atoms with Gasteiger partial charge in [0, 0.05) is 0 Å². The minimum atomic E-state index is -5.04. The van der Waals surface area contributed by atoms with Crippen molar-refractivity contribution in [1.82, 2.24) is 5.32 Å². The number of nitrogens with one attached hydrogen (secondary N) is 1. The molecule has 3 nitrogen and oxygen atoms in total. The van der Waals surface area contributed by atoms with Gasteiger partial charge in [-0.05, 0) is 5.56 Å². The molecule has 0 fully saturated rings. The molecular formula is C11H9ClF3NO2. The molecule has 0 heterocycles. The second kappa shape index (κ2) is 5.86. The van der Waals surface area contributed by atoms with Crippen LogP contribution in [0.5, 0.6) is 0 Å². The van der Waals surface area contributed by atoms with E-state index in [1.807, 2.05) is 0 Å². The fraction of sp³-hybridized carbons (Fsp3) is 0.273. The number of halogens is 4. The van der Waals surface area contributed by atoms with Crippen LogP contribution in [0.3, 0.4) is 0 Å². The first kappa shape index (κ1) is 14.5. The number of alkyl halides is 4. The molecule has 0 aromatic heterocycles. The van der Waals surface area contributed by atoms with E-state index in [1.54, 1.807) is 23.5 Å². The number of rotatable bonds is 4. The van der Waals surface area contributed by atoms with Gasteiger partial charge in [0.1, 0.15) is 6.04 Å². The molecule has 0 bridgehead atoms. The first-order valence-corrected chi connectivity index (χ1v) is 5.41. The standard InChI is InChI=1S/C11H9ClF3NO2/c12-6-8(17)9(7-4-2-1-3-5-7)16-10(18)11(13,14)15/h1-5,9H,6H2,(H,16,18). The summed E-state index contributed by atoms with van der Waals surface area (Å²) in [4.78, 5) is 22.3. The minimum Gasteiger partial charge on any atom is -0.334 e. The zero-order valence-corrected chi connectivity index (χ0v) is 9.76. The summed E-state index contributed by atoms with van der Waals surface area (Å²) < 4.78 is 36.4. The lowest BCUT2D eigenvalue weighted by Crippen LogP contribution is -2.42. The number of ketones is 1. The molecule has 0 saturated heterocycles. The summed E-state index contributed by atoms with van der Waals surface area (Å²) in [6.45, 7) is 0. The first-order valence-electron chi connectivity index (χ1n) is 4.87. The van der Waals surface area contributed by atoms with Crippen molar-refractivity contribution in [3.8, 4) is 0 Å². The van der Waals surface area contributed by atoms with Crippen LogP contribution in [-0.4, -0.2) is 23.7 Å². The molecule has 1 N–H and O–H groups in total. The van der Waals surface area contributed by atoms with Crippen molar-refractivity contribution >= 4 is 23.3 Å². The number of hydrogen-bond acceptors (Lipinski definition) is 2. The largest absolute Gasteiger partial charge is 0.471 e. The van der Waals surface area contributed by atoms with Crippen LogP contribution in [0.15, 0.2) is 30.3 Å². The van der Waals surface area contributed by atoms with E-state index in [0.29, 0.717) is 0 Å². The normalized spacial score (nSPS) is 12.9. The summed E-state index contributed by atoms with van der Waals surface area (Å²) in [5.41, 5.74) is 0.251. The smallest absolute Gasteiger partial charge is 0.334 e. The third kappa shape index (κ3) is 3.73. The lowest BCUT2D eigenvalue weighted by molar-refractivity contribution is -0.174. The number of benzene rings is 1. The monoisotopic (exact) mass is 279 g/mol. The molecule has 1 unspecified atom stereocenters. The van der Waals surface area contributed by atoms with E-state index in [9.17, 15) is 22.8 Å². The number of hydrogen-bond donors (Lipinski definition) is 1. The molecule has 1 amide bonds. The van der Waals surface area contributed by atoms with Crippen molar-refractivity contribution in [1.29, 1.82) is 0 Å². The van der Waals surface area contributed by atoms with Crippen LogP contribution < -0.4 is 5.32 Å². The average molecular weight is 280 g/mol. The molecule has 0 radical (unpaired) electrons. The predicted molar refractivity (Wildman–Crippen MR) is 59.1 cm³/mol. The Morgan fingerprint density at radius 2 is 1.78 bits per heavy atom. The van der Waals surface area contributed by atoms with Gasteiger partial charge in [-0.1, -0.05) is 30.3 Å². The summed E-state index contributed by atoms with van der Waals surface area (Å²) in [5, 5.41) is 1.63. The maximum atomic E-state index is 12.1. The van der Waals surface area contributed by atoms with Gasteiger partial charge < -0.3 is 5.32 Å². The SMILES string of the molecule is O=C(CCl)C(NC(=O)C(F)(F)F)c1ccccc1. The van der Waals surface area contributed by atoms with E-state index in [4.69, 9.17) is 11.6 Å². The molecule has 1 aromatic rings. The van der Waals surface area contributed by atoms with Crippen LogP contribution in [0.2, 0.25) is 0 Å². The predicted octanol–water partition coefficient (Wildman–Crippen LogP) is 2.21. The lowest BCUT2D eigenvalue weighted by Gasteiger charge is -2.17. The van der Waals surface area contributed by atoms with Gasteiger partial charge in [-0.3, -0.25) is 9.59 Å². The molecule has 0 aliphatic rings. The number of Topliss-reactive ketones (excluding diaryl/α,β-unsaturated/α-hetero) is 1. The Morgan fingerprint density at radius 1 is 1.22 bits per heavy atom. The second-order valence-corrected chi connectivity index (χ2v) is 3.68. The maximum absolute atomic E-state index is 12.1. The number of carbonyl (C=O) groups excluding carboxylic acids is 2. The van der Waals surface area contributed by atoms with Gasteiger partial charge in [-0.15, -0.1) is 11.6 Å². The van der Waals surface area contributed by atoms with E-state index in [2.05, 4.69) is 0 Å². The third-order valence-corrected chi connectivity index (χ3v) is 2.38. The van der Waals surface area contributed by atoms with Gasteiger partial charge in [0.15, 0.2) is 5.78 Å². The van der Waals surface area contributed by atoms with Crippen LogP contribution in [0.1, 0.15) is 11.6 Å².